The number of hydrogen-bond acceptors (Lipinski definition) is 4. The highest BCUT2D eigenvalue weighted by Gasteiger charge is 2.08. The van der Waals surface area contributed by atoms with Crippen molar-refractivity contribution in [2.45, 2.75) is 39.8 Å². The van der Waals surface area contributed by atoms with Gasteiger partial charge in [-0.2, -0.15) is 11.3 Å². The molecule has 23 heavy (non-hydrogen) atoms. The Morgan fingerprint density at radius 1 is 1.43 bits per heavy atom. The van der Waals surface area contributed by atoms with E-state index in [1.54, 1.807) is 17.7 Å². The SMILES string of the molecule is CCCN=C(NCCn1cnnc1CC)N(C)Cc1ccsc1. The first-order valence-corrected chi connectivity index (χ1v) is 9.06. The fraction of sp³-hybridized carbons (Fsp3) is 0.562. The number of aliphatic imine (C=N–C) groups is 1. The van der Waals surface area contributed by atoms with Gasteiger partial charge >= 0.3 is 0 Å². The lowest BCUT2D eigenvalue weighted by molar-refractivity contribution is 0.471. The molecule has 0 aliphatic rings. The standard InChI is InChI=1S/C16H26N6S/c1-4-7-17-16(21(3)11-14-6-10-23-12-14)18-8-9-22-13-19-20-15(22)5-2/h6,10,12-13H,4-5,7-9,11H2,1-3H3,(H,17,18). The zero-order valence-corrected chi connectivity index (χ0v) is 15.0. The number of nitrogens with zero attached hydrogens (tertiary/aromatic N) is 5. The Morgan fingerprint density at radius 2 is 2.30 bits per heavy atom. The molecule has 0 bridgehead atoms. The lowest BCUT2D eigenvalue weighted by Crippen LogP contribution is -2.40. The van der Waals surface area contributed by atoms with Gasteiger partial charge in [0.25, 0.3) is 0 Å². The molecule has 0 radical (unpaired) electrons. The van der Waals surface area contributed by atoms with Crippen LogP contribution in [0.4, 0.5) is 0 Å². The minimum atomic E-state index is 0.807. The normalized spacial score (nSPS) is 11.7. The maximum absolute atomic E-state index is 4.68. The molecule has 0 aliphatic carbocycles. The van der Waals surface area contributed by atoms with Crippen LogP contribution in [0, 0.1) is 0 Å². The number of nitrogens with one attached hydrogen (secondary N) is 1. The summed E-state index contributed by atoms with van der Waals surface area (Å²) in [6.07, 6.45) is 3.73. The van der Waals surface area contributed by atoms with Crippen molar-refractivity contribution in [1.29, 1.82) is 0 Å². The molecule has 2 heterocycles. The lowest BCUT2D eigenvalue weighted by Gasteiger charge is -2.22. The predicted molar refractivity (Wildman–Crippen MR) is 95.8 cm³/mol. The van der Waals surface area contributed by atoms with Crippen molar-refractivity contribution in [1.82, 2.24) is 25.0 Å². The van der Waals surface area contributed by atoms with Gasteiger partial charge in [-0.1, -0.05) is 13.8 Å². The van der Waals surface area contributed by atoms with Crippen molar-refractivity contribution < 1.29 is 0 Å². The van der Waals surface area contributed by atoms with E-state index in [2.05, 4.69) is 67.7 Å². The molecular weight excluding hydrogens is 308 g/mol. The second-order valence-electron chi connectivity index (χ2n) is 5.41. The van der Waals surface area contributed by atoms with Gasteiger partial charge in [-0.3, -0.25) is 4.99 Å². The number of thiophene rings is 1. The van der Waals surface area contributed by atoms with E-state index in [-0.39, 0.29) is 0 Å². The molecule has 0 fully saturated rings. The summed E-state index contributed by atoms with van der Waals surface area (Å²) in [5.41, 5.74) is 1.32. The first-order chi connectivity index (χ1) is 11.2. The first kappa shape index (κ1) is 17.5. The highest BCUT2D eigenvalue weighted by atomic mass is 32.1. The first-order valence-electron chi connectivity index (χ1n) is 8.11. The second kappa shape index (κ2) is 9.29. The number of aryl methyl sites for hydroxylation is 1. The van der Waals surface area contributed by atoms with Crippen LogP contribution >= 0.6 is 11.3 Å². The lowest BCUT2D eigenvalue weighted by atomic mass is 10.3. The van der Waals surface area contributed by atoms with E-state index in [1.807, 2.05) is 0 Å². The van der Waals surface area contributed by atoms with Gasteiger partial charge in [-0.25, -0.2) is 0 Å². The summed E-state index contributed by atoms with van der Waals surface area (Å²) in [4.78, 5) is 6.85. The van der Waals surface area contributed by atoms with E-state index in [9.17, 15) is 0 Å². The molecular formula is C16H26N6S. The maximum Gasteiger partial charge on any atom is 0.194 e. The fourth-order valence-electron chi connectivity index (χ4n) is 2.29. The van der Waals surface area contributed by atoms with Gasteiger partial charge in [0.2, 0.25) is 0 Å². The summed E-state index contributed by atoms with van der Waals surface area (Å²) >= 11 is 1.73. The third-order valence-electron chi connectivity index (χ3n) is 3.49. The van der Waals surface area contributed by atoms with Gasteiger partial charge in [0.1, 0.15) is 12.2 Å². The number of rotatable bonds is 8. The molecule has 2 rings (SSSR count). The monoisotopic (exact) mass is 334 g/mol. The van der Waals surface area contributed by atoms with Crippen LogP contribution in [0.2, 0.25) is 0 Å². The Hall–Kier alpha value is -1.89. The van der Waals surface area contributed by atoms with E-state index in [1.165, 1.54) is 5.56 Å². The summed E-state index contributed by atoms with van der Waals surface area (Å²) < 4.78 is 2.09. The summed E-state index contributed by atoms with van der Waals surface area (Å²) in [7, 11) is 2.08. The van der Waals surface area contributed by atoms with Crippen molar-refractivity contribution in [2.24, 2.45) is 4.99 Å². The molecule has 6 nitrogen and oxygen atoms in total. The quantitative estimate of drug-likeness (QED) is 0.595. The minimum absolute atomic E-state index is 0.807. The summed E-state index contributed by atoms with van der Waals surface area (Å²) in [5, 5.41) is 15.8. The zero-order chi connectivity index (χ0) is 16.5. The van der Waals surface area contributed by atoms with Crippen LogP contribution in [0.15, 0.2) is 28.1 Å². The smallest absolute Gasteiger partial charge is 0.194 e. The minimum Gasteiger partial charge on any atom is -0.354 e. The molecule has 0 saturated heterocycles. The Bertz CT molecular complexity index is 589. The fourth-order valence-corrected chi connectivity index (χ4v) is 2.95. The average Bonchev–Trinajstić information content (AvgIpc) is 3.21. The number of aromatic nitrogens is 3. The third-order valence-corrected chi connectivity index (χ3v) is 4.23. The molecule has 1 N–H and O–H groups in total. The summed E-state index contributed by atoms with van der Waals surface area (Å²) in [5.74, 6) is 1.97. The Labute approximate surface area is 142 Å². The molecule has 0 amide bonds. The highest BCUT2D eigenvalue weighted by molar-refractivity contribution is 7.07. The van der Waals surface area contributed by atoms with Crippen molar-refractivity contribution in [2.75, 3.05) is 20.1 Å². The van der Waals surface area contributed by atoms with Gasteiger partial charge in [-0.15, -0.1) is 10.2 Å². The Kier molecular flexibility index (Phi) is 7.06. The van der Waals surface area contributed by atoms with Crippen LogP contribution < -0.4 is 5.32 Å². The van der Waals surface area contributed by atoms with Crippen molar-refractivity contribution >= 4 is 17.3 Å². The molecule has 2 aromatic rings. The van der Waals surface area contributed by atoms with Crippen LogP contribution in [0.1, 0.15) is 31.7 Å². The average molecular weight is 334 g/mol. The van der Waals surface area contributed by atoms with Crippen molar-refractivity contribution in [3.05, 3.63) is 34.5 Å². The van der Waals surface area contributed by atoms with Crippen molar-refractivity contribution in [3.8, 4) is 0 Å². The molecule has 7 heteroatoms. The van der Waals surface area contributed by atoms with Crippen LogP contribution in [0.25, 0.3) is 0 Å². The van der Waals surface area contributed by atoms with Gasteiger partial charge in [0.15, 0.2) is 5.96 Å². The van der Waals surface area contributed by atoms with Gasteiger partial charge in [0, 0.05) is 39.6 Å². The van der Waals surface area contributed by atoms with Crippen LogP contribution in [0.3, 0.4) is 0 Å². The molecule has 0 aromatic carbocycles. The summed E-state index contributed by atoms with van der Waals surface area (Å²) in [6, 6.07) is 2.16. The van der Waals surface area contributed by atoms with Gasteiger partial charge in [-0.05, 0) is 28.8 Å². The molecule has 0 saturated carbocycles. The van der Waals surface area contributed by atoms with Crippen LogP contribution in [-0.2, 0) is 19.5 Å². The maximum atomic E-state index is 4.68. The van der Waals surface area contributed by atoms with E-state index in [0.29, 0.717) is 0 Å². The van der Waals surface area contributed by atoms with E-state index in [0.717, 1.165) is 50.8 Å². The molecule has 2 aromatic heterocycles. The molecule has 0 unspecified atom stereocenters. The number of guanidine groups is 1. The van der Waals surface area contributed by atoms with E-state index >= 15 is 0 Å². The van der Waals surface area contributed by atoms with E-state index in [4.69, 9.17) is 0 Å². The summed E-state index contributed by atoms with van der Waals surface area (Å²) in [6.45, 7) is 7.59. The Balaban J connectivity index is 1.90. The number of hydrogen-bond donors (Lipinski definition) is 1. The van der Waals surface area contributed by atoms with Gasteiger partial charge < -0.3 is 14.8 Å². The van der Waals surface area contributed by atoms with E-state index < -0.39 is 0 Å². The molecule has 0 spiro atoms. The van der Waals surface area contributed by atoms with Crippen molar-refractivity contribution in [3.63, 3.8) is 0 Å². The van der Waals surface area contributed by atoms with Crippen LogP contribution in [-0.4, -0.2) is 45.8 Å². The molecule has 126 valence electrons. The predicted octanol–water partition coefficient (Wildman–Crippen LogP) is 2.39. The zero-order valence-electron chi connectivity index (χ0n) is 14.2. The van der Waals surface area contributed by atoms with Crippen LogP contribution in [0.5, 0.6) is 0 Å². The molecule has 0 aliphatic heterocycles. The highest BCUT2D eigenvalue weighted by Crippen LogP contribution is 2.08. The molecule has 0 atom stereocenters. The Morgan fingerprint density at radius 3 is 3.00 bits per heavy atom. The van der Waals surface area contributed by atoms with Gasteiger partial charge in [0.05, 0.1) is 0 Å². The second-order valence-corrected chi connectivity index (χ2v) is 6.19. The largest absolute Gasteiger partial charge is 0.354 e. The third kappa shape index (κ3) is 5.35. The topological polar surface area (TPSA) is 58.3 Å².